The van der Waals surface area contributed by atoms with E-state index in [1.807, 2.05) is 37.6 Å². The zero-order valence-corrected chi connectivity index (χ0v) is 19.5. The summed E-state index contributed by atoms with van der Waals surface area (Å²) in [4.78, 5) is 25.8. The number of carbonyl (C=O) groups excluding carboxylic acids is 1. The Morgan fingerprint density at radius 1 is 1.16 bits per heavy atom. The van der Waals surface area contributed by atoms with E-state index in [-0.39, 0.29) is 12.1 Å². The molecule has 7 heteroatoms. The Morgan fingerprint density at radius 2 is 1.94 bits per heavy atom. The van der Waals surface area contributed by atoms with Gasteiger partial charge in [-0.05, 0) is 49.3 Å². The fourth-order valence-electron chi connectivity index (χ4n) is 5.61. The van der Waals surface area contributed by atoms with Crippen LogP contribution in [0.3, 0.4) is 0 Å². The molecule has 6 nitrogen and oxygen atoms in total. The standard InChI is InChI=1S/C24H32N4O2S/c1-26(2)24(29)28-13-17-12-27(15-22-25-20-6-4-5-7-21(20)31-22)14-19(17)23(28)16-8-10-18(30-3)11-9-16/h8-11,17,19,23H,4-7,12-15H2,1-3H3/t17-,19-,23+/m1/s1. The van der Waals surface area contributed by atoms with E-state index < -0.39 is 0 Å². The Bertz CT molecular complexity index is 918. The van der Waals surface area contributed by atoms with Crippen LogP contribution in [0.25, 0.3) is 0 Å². The molecule has 31 heavy (non-hydrogen) atoms. The fraction of sp³-hybridized carbons (Fsp3) is 0.583. The summed E-state index contributed by atoms with van der Waals surface area (Å²) in [5.74, 6) is 1.81. The molecule has 3 atom stereocenters. The van der Waals surface area contributed by atoms with E-state index in [0.29, 0.717) is 11.8 Å². The highest BCUT2D eigenvalue weighted by atomic mass is 32.1. The zero-order valence-electron chi connectivity index (χ0n) is 18.7. The smallest absolute Gasteiger partial charge is 0.320 e. The van der Waals surface area contributed by atoms with Crippen LogP contribution in [0.15, 0.2) is 24.3 Å². The summed E-state index contributed by atoms with van der Waals surface area (Å²) in [6, 6.07) is 8.48. The van der Waals surface area contributed by atoms with Gasteiger partial charge in [-0.1, -0.05) is 12.1 Å². The minimum absolute atomic E-state index is 0.106. The highest BCUT2D eigenvalue weighted by Gasteiger charge is 2.49. The molecule has 1 aliphatic carbocycles. The molecule has 2 aromatic rings. The van der Waals surface area contributed by atoms with Gasteiger partial charge in [0.25, 0.3) is 0 Å². The number of aromatic nitrogens is 1. The van der Waals surface area contributed by atoms with Gasteiger partial charge in [0, 0.05) is 44.5 Å². The Kier molecular flexibility index (Phi) is 5.65. The number of benzene rings is 1. The van der Waals surface area contributed by atoms with E-state index in [0.717, 1.165) is 38.3 Å². The van der Waals surface area contributed by atoms with E-state index in [4.69, 9.17) is 9.72 Å². The van der Waals surface area contributed by atoms with E-state index in [2.05, 4.69) is 21.9 Å². The second kappa shape index (κ2) is 8.43. The van der Waals surface area contributed by atoms with Crippen LogP contribution in [0.4, 0.5) is 4.79 Å². The number of amides is 2. The number of methoxy groups -OCH3 is 1. The number of thiazole rings is 1. The Morgan fingerprint density at radius 3 is 2.65 bits per heavy atom. The highest BCUT2D eigenvalue weighted by molar-refractivity contribution is 7.11. The predicted molar refractivity (Wildman–Crippen MR) is 123 cm³/mol. The number of hydrogen-bond donors (Lipinski definition) is 0. The molecule has 2 saturated heterocycles. The molecule has 1 aromatic heterocycles. The monoisotopic (exact) mass is 440 g/mol. The van der Waals surface area contributed by atoms with Crippen LogP contribution in [0.1, 0.15) is 40.0 Å². The molecule has 0 radical (unpaired) electrons. The van der Waals surface area contributed by atoms with Gasteiger partial charge in [-0.15, -0.1) is 11.3 Å². The molecule has 3 heterocycles. The van der Waals surface area contributed by atoms with E-state index in [1.54, 1.807) is 12.0 Å². The lowest BCUT2D eigenvalue weighted by atomic mass is 9.89. The first-order chi connectivity index (χ1) is 15.0. The molecule has 0 unspecified atom stereocenters. The van der Waals surface area contributed by atoms with Crippen LogP contribution in [0, 0.1) is 11.8 Å². The van der Waals surface area contributed by atoms with Crippen molar-refractivity contribution in [3.63, 3.8) is 0 Å². The normalized spacial score (nSPS) is 25.4. The number of fused-ring (bicyclic) bond motifs is 2. The van der Waals surface area contributed by atoms with Gasteiger partial charge in [-0.2, -0.15) is 0 Å². The van der Waals surface area contributed by atoms with Crippen molar-refractivity contribution in [2.24, 2.45) is 11.8 Å². The van der Waals surface area contributed by atoms with Crippen molar-refractivity contribution in [2.45, 2.75) is 38.3 Å². The van der Waals surface area contributed by atoms with Crippen LogP contribution in [0.2, 0.25) is 0 Å². The quantitative estimate of drug-likeness (QED) is 0.725. The summed E-state index contributed by atoms with van der Waals surface area (Å²) in [5, 5.41) is 1.27. The van der Waals surface area contributed by atoms with Crippen molar-refractivity contribution in [1.82, 2.24) is 19.7 Å². The SMILES string of the molecule is COc1ccc([C@H]2[C@@H]3CN(Cc4nc5c(s4)CCCC5)C[C@@H]3CN2C(=O)N(C)C)cc1. The third kappa shape index (κ3) is 3.94. The molecular weight excluding hydrogens is 408 g/mol. The average Bonchev–Trinajstić information content (AvgIpc) is 3.45. The van der Waals surface area contributed by atoms with E-state index >= 15 is 0 Å². The van der Waals surface area contributed by atoms with Crippen molar-refractivity contribution >= 4 is 17.4 Å². The van der Waals surface area contributed by atoms with Crippen molar-refractivity contribution in [1.29, 1.82) is 0 Å². The van der Waals surface area contributed by atoms with E-state index in [1.165, 1.54) is 40.4 Å². The summed E-state index contributed by atoms with van der Waals surface area (Å²) in [6.07, 6.45) is 4.95. The van der Waals surface area contributed by atoms with Gasteiger partial charge < -0.3 is 14.5 Å². The molecule has 2 aliphatic heterocycles. The fourth-order valence-corrected chi connectivity index (χ4v) is 6.81. The zero-order chi connectivity index (χ0) is 21.5. The van der Waals surface area contributed by atoms with Gasteiger partial charge in [0.05, 0.1) is 25.4 Å². The maximum Gasteiger partial charge on any atom is 0.320 e. The number of likely N-dealkylation sites (tertiary alicyclic amines) is 2. The molecule has 166 valence electrons. The first-order valence-corrected chi connectivity index (χ1v) is 12.2. The number of carbonyl (C=O) groups is 1. The lowest BCUT2D eigenvalue weighted by molar-refractivity contribution is 0.151. The minimum atomic E-state index is 0.106. The highest BCUT2D eigenvalue weighted by Crippen LogP contribution is 2.46. The minimum Gasteiger partial charge on any atom is -0.497 e. The molecular formula is C24H32N4O2S. The number of urea groups is 1. The second-order valence-electron chi connectivity index (χ2n) is 9.35. The maximum atomic E-state index is 13.0. The summed E-state index contributed by atoms with van der Waals surface area (Å²) < 4.78 is 5.35. The number of ether oxygens (including phenoxy) is 1. The maximum absolute atomic E-state index is 13.0. The molecule has 2 fully saturated rings. The third-order valence-electron chi connectivity index (χ3n) is 7.07. The van der Waals surface area contributed by atoms with Gasteiger partial charge in [0.15, 0.2) is 0 Å². The third-order valence-corrected chi connectivity index (χ3v) is 8.22. The molecule has 1 aromatic carbocycles. The Labute approximate surface area is 188 Å². The van der Waals surface area contributed by atoms with Crippen LogP contribution < -0.4 is 4.74 Å². The van der Waals surface area contributed by atoms with Crippen LogP contribution >= 0.6 is 11.3 Å². The Hall–Kier alpha value is -2.12. The summed E-state index contributed by atoms with van der Waals surface area (Å²) in [5.41, 5.74) is 2.56. The summed E-state index contributed by atoms with van der Waals surface area (Å²) >= 11 is 1.92. The summed E-state index contributed by atoms with van der Waals surface area (Å²) in [6.45, 7) is 3.83. The molecule has 5 rings (SSSR count). The molecule has 0 spiro atoms. The number of hydrogen-bond acceptors (Lipinski definition) is 5. The summed E-state index contributed by atoms with van der Waals surface area (Å²) in [7, 11) is 5.38. The lowest BCUT2D eigenvalue weighted by Gasteiger charge is -2.31. The molecule has 2 amide bonds. The second-order valence-corrected chi connectivity index (χ2v) is 10.5. The Balaban J connectivity index is 1.35. The topological polar surface area (TPSA) is 48.9 Å². The van der Waals surface area contributed by atoms with Crippen LogP contribution in [-0.2, 0) is 19.4 Å². The first kappa shape index (κ1) is 20.8. The van der Waals surface area contributed by atoms with Gasteiger partial charge in [0.2, 0.25) is 0 Å². The van der Waals surface area contributed by atoms with Crippen LogP contribution in [0.5, 0.6) is 5.75 Å². The van der Waals surface area contributed by atoms with Gasteiger partial charge >= 0.3 is 6.03 Å². The van der Waals surface area contributed by atoms with Crippen molar-refractivity contribution in [2.75, 3.05) is 40.8 Å². The van der Waals surface area contributed by atoms with Crippen LogP contribution in [-0.4, -0.2) is 66.6 Å². The molecule has 0 saturated carbocycles. The lowest BCUT2D eigenvalue weighted by Crippen LogP contribution is -2.41. The van der Waals surface area contributed by atoms with E-state index in [9.17, 15) is 4.79 Å². The first-order valence-electron chi connectivity index (χ1n) is 11.3. The van der Waals surface area contributed by atoms with Crippen molar-refractivity contribution < 1.29 is 9.53 Å². The number of aryl methyl sites for hydroxylation is 2. The molecule has 3 aliphatic rings. The molecule has 0 N–H and O–H groups in total. The van der Waals surface area contributed by atoms with Crippen molar-refractivity contribution in [3.05, 3.63) is 45.4 Å². The number of nitrogens with zero attached hydrogens (tertiary/aromatic N) is 4. The average molecular weight is 441 g/mol. The largest absolute Gasteiger partial charge is 0.497 e. The molecule has 0 bridgehead atoms. The van der Waals surface area contributed by atoms with Gasteiger partial charge in [-0.3, -0.25) is 4.90 Å². The number of rotatable bonds is 4. The predicted octanol–water partition coefficient (Wildman–Crippen LogP) is 3.82. The van der Waals surface area contributed by atoms with Crippen molar-refractivity contribution in [3.8, 4) is 5.75 Å². The van der Waals surface area contributed by atoms with Gasteiger partial charge in [0.1, 0.15) is 10.8 Å². The van der Waals surface area contributed by atoms with Gasteiger partial charge in [-0.25, -0.2) is 9.78 Å².